The van der Waals surface area contributed by atoms with E-state index in [1.807, 2.05) is 6.07 Å². The predicted octanol–water partition coefficient (Wildman–Crippen LogP) is 3.23. The van der Waals surface area contributed by atoms with Crippen LogP contribution in [0.1, 0.15) is 11.8 Å². The van der Waals surface area contributed by atoms with Gasteiger partial charge in [0.15, 0.2) is 5.15 Å². The molecule has 0 fully saturated rings. The minimum atomic E-state index is 0.328. The molecule has 0 aliphatic rings. The first-order valence-electron chi connectivity index (χ1n) is 5.02. The van der Waals surface area contributed by atoms with Crippen LogP contribution >= 0.6 is 22.9 Å². The van der Waals surface area contributed by atoms with Gasteiger partial charge in [-0.05, 0) is 30.5 Å². The van der Waals surface area contributed by atoms with Gasteiger partial charge in [0.25, 0.3) is 0 Å². The van der Waals surface area contributed by atoms with Crippen LogP contribution in [0.25, 0.3) is 0 Å². The standard InChI is InChI=1S/C11H12ClN3S/c1-8(7-9-3-2-6-16-9)13-11-5-4-10(12)14-15-11/h2-6,8H,7H2,1H3,(H,13,15). The Bertz CT molecular complexity index is 427. The maximum absolute atomic E-state index is 5.66. The third kappa shape index (κ3) is 3.18. The number of rotatable bonds is 4. The highest BCUT2D eigenvalue weighted by Gasteiger charge is 2.05. The molecule has 2 heterocycles. The Labute approximate surface area is 103 Å². The highest BCUT2D eigenvalue weighted by molar-refractivity contribution is 7.09. The molecule has 1 unspecified atom stereocenters. The van der Waals surface area contributed by atoms with Gasteiger partial charge in [0, 0.05) is 17.3 Å². The molecule has 5 heteroatoms. The summed E-state index contributed by atoms with van der Waals surface area (Å²) in [5.74, 6) is 0.758. The van der Waals surface area contributed by atoms with Crippen molar-refractivity contribution in [2.75, 3.05) is 5.32 Å². The number of aromatic nitrogens is 2. The molecule has 1 N–H and O–H groups in total. The largest absolute Gasteiger partial charge is 0.366 e. The van der Waals surface area contributed by atoms with Gasteiger partial charge in [-0.3, -0.25) is 0 Å². The van der Waals surface area contributed by atoms with Crippen molar-refractivity contribution in [3.05, 3.63) is 39.7 Å². The number of nitrogens with one attached hydrogen (secondary N) is 1. The van der Waals surface area contributed by atoms with E-state index in [4.69, 9.17) is 11.6 Å². The van der Waals surface area contributed by atoms with E-state index in [0.717, 1.165) is 12.2 Å². The van der Waals surface area contributed by atoms with Crippen LogP contribution in [-0.4, -0.2) is 16.2 Å². The SMILES string of the molecule is CC(Cc1cccs1)Nc1ccc(Cl)nn1. The topological polar surface area (TPSA) is 37.8 Å². The minimum absolute atomic E-state index is 0.328. The van der Waals surface area contributed by atoms with Crippen molar-refractivity contribution in [3.8, 4) is 0 Å². The Kier molecular flexibility index (Phi) is 3.74. The summed E-state index contributed by atoms with van der Waals surface area (Å²) in [6, 6.07) is 8.09. The summed E-state index contributed by atoms with van der Waals surface area (Å²) in [4.78, 5) is 1.36. The lowest BCUT2D eigenvalue weighted by atomic mass is 10.2. The van der Waals surface area contributed by atoms with Crippen LogP contribution in [-0.2, 0) is 6.42 Å². The molecule has 0 amide bonds. The Morgan fingerprint density at radius 3 is 2.88 bits per heavy atom. The third-order valence-corrected chi connectivity index (χ3v) is 3.21. The summed E-state index contributed by atoms with van der Waals surface area (Å²) in [5, 5.41) is 13.5. The van der Waals surface area contributed by atoms with Gasteiger partial charge < -0.3 is 5.32 Å². The summed E-state index contributed by atoms with van der Waals surface area (Å²) in [6.45, 7) is 2.12. The number of hydrogen-bond acceptors (Lipinski definition) is 4. The van der Waals surface area contributed by atoms with Gasteiger partial charge in [-0.25, -0.2) is 0 Å². The van der Waals surface area contributed by atoms with Gasteiger partial charge in [0.05, 0.1) is 0 Å². The van der Waals surface area contributed by atoms with Crippen LogP contribution in [0.2, 0.25) is 5.15 Å². The van der Waals surface area contributed by atoms with E-state index >= 15 is 0 Å². The Balaban J connectivity index is 1.92. The molecule has 0 aromatic carbocycles. The molecule has 2 rings (SSSR count). The summed E-state index contributed by atoms with van der Waals surface area (Å²) in [5.41, 5.74) is 0. The fraction of sp³-hybridized carbons (Fsp3) is 0.273. The molecule has 2 aromatic heterocycles. The molecule has 0 radical (unpaired) electrons. The molecule has 16 heavy (non-hydrogen) atoms. The van der Waals surface area contributed by atoms with Gasteiger partial charge in [-0.15, -0.1) is 21.5 Å². The minimum Gasteiger partial charge on any atom is -0.366 e. The van der Waals surface area contributed by atoms with Gasteiger partial charge in [0.2, 0.25) is 0 Å². The monoisotopic (exact) mass is 253 g/mol. The van der Waals surface area contributed by atoms with Crippen LogP contribution in [0.5, 0.6) is 0 Å². The van der Waals surface area contributed by atoms with Crippen LogP contribution in [0, 0.1) is 0 Å². The Morgan fingerprint density at radius 1 is 1.38 bits per heavy atom. The lowest BCUT2D eigenvalue weighted by Gasteiger charge is -2.12. The second-order valence-electron chi connectivity index (χ2n) is 3.57. The van der Waals surface area contributed by atoms with Gasteiger partial charge in [-0.1, -0.05) is 17.7 Å². The van der Waals surface area contributed by atoms with Crippen molar-refractivity contribution in [3.63, 3.8) is 0 Å². The third-order valence-electron chi connectivity index (χ3n) is 2.11. The molecule has 0 saturated heterocycles. The van der Waals surface area contributed by atoms with E-state index < -0.39 is 0 Å². The average Bonchev–Trinajstić information content (AvgIpc) is 2.74. The van der Waals surface area contributed by atoms with E-state index in [-0.39, 0.29) is 0 Å². The molecule has 84 valence electrons. The highest BCUT2D eigenvalue weighted by atomic mass is 35.5. The fourth-order valence-electron chi connectivity index (χ4n) is 1.43. The lowest BCUT2D eigenvalue weighted by Crippen LogP contribution is -2.18. The summed E-state index contributed by atoms with van der Waals surface area (Å²) in [7, 11) is 0. The van der Waals surface area contributed by atoms with Crippen LogP contribution < -0.4 is 5.32 Å². The molecule has 0 aliphatic carbocycles. The predicted molar refractivity (Wildman–Crippen MR) is 68.1 cm³/mol. The molecule has 0 bridgehead atoms. The molecule has 0 spiro atoms. The van der Waals surface area contributed by atoms with E-state index in [9.17, 15) is 0 Å². The van der Waals surface area contributed by atoms with Crippen LogP contribution in [0.3, 0.4) is 0 Å². The molecular formula is C11H12ClN3S. The first-order chi connectivity index (χ1) is 7.74. The van der Waals surface area contributed by atoms with E-state index in [0.29, 0.717) is 11.2 Å². The molecule has 3 nitrogen and oxygen atoms in total. The quantitative estimate of drug-likeness (QED) is 0.909. The first-order valence-corrected chi connectivity index (χ1v) is 6.28. The van der Waals surface area contributed by atoms with Crippen molar-refractivity contribution in [2.24, 2.45) is 0 Å². The molecule has 2 aromatic rings. The van der Waals surface area contributed by atoms with Crippen molar-refractivity contribution < 1.29 is 0 Å². The smallest absolute Gasteiger partial charge is 0.151 e. The normalized spacial score (nSPS) is 12.4. The molecule has 0 saturated carbocycles. The van der Waals surface area contributed by atoms with Crippen molar-refractivity contribution in [1.82, 2.24) is 10.2 Å². The average molecular weight is 254 g/mol. The zero-order valence-electron chi connectivity index (χ0n) is 8.85. The number of halogens is 1. The van der Waals surface area contributed by atoms with Gasteiger partial charge in [-0.2, -0.15) is 0 Å². The lowest BCUT2D eigenvalue weighted by molar-refractivity contribution is 0.788. The fourth-order valence-corrected chi connectivity index (χ4v) is 2.36. The second kappa shape index (κ2) is 5.27. The highest BCUT2D eigenvalue weighted by Crippen LogP contribution is 2.13. The van der Waals surface area contributed by atoms with Gasteiger partial charge in [0.1, 0.15) is 5.82 Å². The zero-order valence-corrected chi connectivity index (χ0v) is 10.4. The van der Waals surface area contributed by atoms with Gasteiger partial charge >= 0.3 is 0 Å². The summed E-state index contributed by atoms with van der Waals surface area (Å²) < 4.78 is 0. The molecule has 0 aliphatic heterocycles. The van der Waals surface area contributed by atoms with E-state index in [2.05, 4.69) is 40.0 Å². The van der Waals surface area contributed by atoms with Crippen molar-refractivity contribution in [1.29, 1.82) is 0 Å². The molecule has 1 atom stereocenters. The second-order valence-corrected chi connectivity index (χ2v) is 4.99. The number of thiophene rings is 1. The van der Waals surface area contributed by atoms with Crippen LogP contribution in [0.15, 0.2) is 29.6 Å². The van der Waals surface area contributed by atoms with Crippen molar-refractivity contribution in [2.45, 2.75) is 19.4 Å². The number of nitrogens with zero attached hydrogens (tertiary/aromatic N) is 2. The molecular weight excluding hydrogens is 242 g/mol. The van der Waals surface area contributed by atoms with E-state index in [1.54, 1.807) is 17.4 Å². The maximum Gasteiger partial charge on any atom is 0.151 e. The van der Waals surface area contributed by atoms with E-state index in [1.165, 1.54) is 4.88 Å². The summed E-state index contributed by atoms with van der Waals surface area (Å²) in [6.07, 6.45) is 0.988. The van der Waals surface area contributed by atoms with Crippen LogP contribution in [0.4, 0.5) is 5.82 Å². The number of hydrogen-bond donors (Lipinski definition) is 1. The Morgan fingerprint density at radius 2 is 2.25 bits per heavy atom. The first kappa shape index (κ1) is 11.4. The maximum atomic E-state index is 5.66. The Hall–Kier alpha value is -1.13. The zero-order chi connectivity index (χ0) is 11.4. The van der Waals surface area contributed by atoms with Crippen molar-refractivity contribution >= 4 is 28.8 Å². The number of anilines is 1. The summed E-state index contributed by atoms with van der Waals surface area (Å²) >= 11 is 7.43.